The van der Waals surface area contributed by atoms with Crippen LogP contribution in [0.1, 0.15) is 0 Å². The van der Waals surface area contributed by atoms with E-state index < -0.39 is 0 Å². The molecule has 2 aromatic heterocycles. The highest BCUT2D eigenvalue weighted by atomic mass is 16.1. The summed E-state index contributed by atoms with van der Waals surface area (Å²) in [5.74, 6) is 0.479. The summed E-state index contributed by atoms with van der Waals surface area (Å²) < 4.78 is 1.67. The Hall–Kier alpha value is -2.69. The van der Waals surface area contributed by atoms with E-state index in [-0.39, 0.29) is 5.56 Å². The number of benzene rings is 1. The van der Waals surface area contributed by atoms with Gasteiger partial charge in [-0.3, -0.25) is 9.48 Å². The van der Waals surface area contributed by atoms with Crippen LogP contribution in [0.25, 0.3) is 22.8 Å². The summed E-state index contributed by atoms with van der Waals surface area (Å²) in [5.41, 5.74) is 2.02. The topological polar surface area (TPSA) is 63.6 Å². The molecular formula is C14H12N4O. The lowest BCUT2D eigenvalue weighted by Gasteiger charge is -2.02. The van der Waals surface area contributed by atoms with Gasteiger partial charge in [-0.25, -0.2) is 4.98 Å². The molecule has 1 N–H and O–H groups in total. The largest absolute Gasteiger partial charge is 0.305 e. The highest BCUT2D eigenvalue weighted by Gasteiger charge is 2.07. The predicted molar refractivity (Wildman–Crippen MR) is 72.5 cm³/mol. The van der Waals surface area contributed by atoms with E-state index in [1.807, 2.05) is 49.6 Å². The Morgan fingerprint density at radius 3 is 2.58 bits per heavy atom. The maximum absolute atomic E-state index is 11.7. The zero-order valence-electron chi connectivity index (χ0n) is 10.4. The molecule has 2 heterocycles. The number of aromatic nitrogens is 4. The standard InChI is InChI=1S/C14H12N4O/c1-18-8-7-11(17-18)14-15-12(9-13(19)16-14)10-5-3-2-4-6-10/h2-9H,1H3,(H,15,16,19). The molecule has 5 nitrogen and oxygen atoms in total. The molecule has 0 saturated heterocycles. The van der Waals surface area contributed by atoms with Gasteiger partial charge in [0, 0.05) is 24.9 Å². The van der Waals surface area contributed by atoms with Gasteiger partial charge >= 0.3 is 0 Å². The van der Waals surface area contributed by atoms with Crippen molar-refractivity contribution < 1.29 is 0 Å². The second-order valence-corrected chi connectivity index (χ2v) is 4.22. The van der Waals surface area contributed by atoms with Crippen molar-refractivity contribution >= 4 is 0 Å². The molecule has 0 amide bonds. The SMILES string of the molecule is Cn1ccc(-c2nc(-c3ccccc3)cc(=O)[nH]2)n1. The molecule has 0 unspecified atom stereocenters. The van der Waals surface area contributed by atoms with Crippen molar-refractivity contribution in [3.63, 3.8) is 0 Å². The van der Waals surface area contributed by atoms with E-state index in [1.165, 1.54) is 6.07 Å². The van der Waals surface area contributed by atoms with Crippen molar-refractivity contribution in [3.05, 3.63) is 59.0 Å². The van der Waals surface area contributed by atoms with E-state index in [1.54, 1.807) is 4.68 Å². The molecule has 0 atom stereocenters. The Labute approximate surface area is 109 Å². The molecule has 0 fully saturated rings. The normalized spacial score (nSPS) is 10.6. The second-order valence-electron chi connectivity index (χ2n) is 4.22. The average Bonchev–Trinajstić information content (AvgIpc) is 2.86. The van der Waals surface area contributed by atoms with E-state index in [0.29, 0.717) is 17.2 Å². The third-order valence-corrected chi connectivity index (χ3v) is 2.77. The molecule has 0 bridgehead atoms. The van der Waals surface area contributed by atoms with Crippen LogP contribution in [0.3, 0.4) is 0 Å². The maximum atomic E-state index is 11.7. The molecule has 0 aliphatic rings. The molecule has 5 heteroatoms. The molecule has 0 aliphatic carbocycles. The number of hydrogen-bond donors (Lipinski definition) is 1. The highest BCUT2D eigenvalue weighted by molar-refractivity contribution is 5.61. The zero-order chi connectivity index (χ0) is 13.2. The second kappa shape index (κ2) is 4.53. The van der Waals surface area contributed by atoms with Gasteiger partial charge in [-0.15, -0.1) is 0 Å². The van der Waals surface area contributed by atoms with Crippen molar-refractivity contribution in [2.75, 3.05) is 0 Å². The van der Waals surface area contributed by atoms with Gasteiger partial charge in [0.15, 0.2) is 5.82 Å². The van der Waals surface area contributed by atoms with Crippen LogP contribution in [0.2, 0.25) is 0 Å². The first-order valence-electron chi connectivity index (χ1n) is 5.89. The van der Waals surface area contributed by atoms with Crippen molar-refractivity contribution in [1.29, 1.82) is 0 Å². The number of hydrogen-bond acceptors (Lipinski definition) is 3. The number of aromatic amines is 1. The fraction of sp³-hybridized carbons (Fsp3) is 0.0714. The molecule has 0 radical (unpaired) electrons. The quantitative estimate of drug-likeness (QED) is 0.757. The number of nitrogens with one attached hydrogen (secondary N) is 1. The predicted octanol–water partition coefficient (Wildman–Crippen LogP) is 1.84. The molecular weight excluding hydrogens is 240 g/mol. The monoisotopic (exact) mass is 252 g/mol. The Balaban J connectivity index is 2.14. The molecule has 94 valence electrons. The molecule has 1 aromatic carbocycles. The molecule has 0 spiro atoms. The van der Waals surface area contributed by atoms with E-state index >= 15 is 0 Å². The smallest absolute Gasteiger partial charge is 0.251 e. The van der Waals surface area contributed by atoms with Gasteiger partial charge in [0.05, 0.1) is 5.69 Å². The summed E-state index contributed by atoms with van der Waals surface area (Å²) >= 11 is 0. The van der Waals surface area contributed by atoms with Crippen LogP contribution in [0.5, 0.6) is 0 Å². The van der Waals surface area contributed by atoms with Crippen molar-refractivity contribution in [3.8, 4) is 22.8 Å². The first kappa shape index (κ1) is 11.4. The lowest BCUT2D eigenvalue weighted by atomic mass is 10.1. The maximum Gasteiger partial charge on any atom is 0.251 e. The Morgan fingerprint density at radius 1 is 1.11 bits per heavy atom. The van der Waals surface area contributed by atoms with Gasteiger partial charge in [-0.05, 0) is 6.07 Å². The van der Waals surface area contributed by atoms with Gasteiger partial charge in [-0.2, -0.15) is 5.10 Å². The summed E-state index contributed by atoms with van der Waals surface area (Å²) in [6.45, 7) is 0. The van der Waals surface area contributed by atoms with Crippen molar-refractivity contribution in [2.24, 2.45) is 7.05 Å². The molecule has 19 heavy (non-hydrogen) atoms. The summed E-state index contributed by atoms with van der Waals surface area (Å²) in [7, 11) is 1.82. The van der Waals surface area contributed by atoms with Crippen LogP contribution in [0, 0.1) is 0 Å². The minimum Gasteiger partial charge on any atom is -0.305 e. The van der Waals surface area contributed by atoms with E-state index in [9.17, 15) is 4.79 Å². The lowest BCUT2D eigenvalue weighted by molar-refractivity contribution is 0.768. The fourth-order valence-electron chi connectivity index (χ4n) is 1.88. The van der Waals surface area contributed by atoms with Gasteiger partial charge in [0.1, 0.15) is 5.69 Å². The number of rotatable bonds is 2. The Bertz CT molecular complexity index is 758. The average molecular weight is 252 g/mol. The zero-order valence-corrected chi connectivity index (χ0v) is 10.4. The first-order chi connectivity index (χ1) is 9.22. The Kier molecular flexibility index (Phi) is 2.72. The molecule has 0 saturated carbocycles. The fourth-order valence-corrected chi connectivity index (χ4v) is 1.88. The van der Waals surface area contributed by atoms with Crippen molar-refractivity contribution in [1.82, 2.24) is 19.7 Å². The van der Waals surface area contributed by atoms with Crippen LogP contribution < -0.4 is 5.56 Å². The Morgan fingerprint density at radius 2 is 1.89 bits per heavy atom. The minimum absolute atomic E-state index is 0.186. The van der Waals surface area contributed by atoms with Gasteiger partial charge in [-0.1, -0.05) is 30.3 Å². The third-order valence-electron chi connectivity index (χ3n) is 2.77. The summed E-state index contributed by atoms with van der Waals surface area (Å²) in [5, 5.41) is 4.24. The van der Waals surface area contributed by atoms with Crippen LogP contribution in [-0.2, 0) is 7.05 Å². The molecule has 0 aliphatic heterocycles. The van der Waals surface area contributed by atoms with Crippen LogP contribution in [-0.4, -0.2) is 19.7 Å². The summed E-state index contributed by atoms with van der Waals surface area (Å²) in [6.07, 6.45) is 1.81. The molecule has 3 aromatic rings. The minimum atomic E-state index is -0.186. The summed E-state index contributed by atoms with van der Waals surface area (Å²) in [4.78, 5) is 18.9. The number of aryl methyl sites for hydroxylation is 1. The highest BCUT2D eigenvalue weighted by Crippen LogP contribution is 2.17. The lowest BCUT2D eigenvalue weighted by Crippen LogP contribution is -2.09. The van der Waals surface area contributed by atoms with Crippen LogP contribution in [0.15, 0.2) is 53.5 Å². The number of nitrogens with zero attached hydrogens (tertiary/aromatic N) is 3. The van der Waals surface area contributed by atoms with Crippen LogP contribution >= 0.6 is 0 Å². The van der Waals surface area contributed by atoms with Gasteiger partial charge in [0.25, 0.3) is 5.56 Å². The van der Waals surface area contributed by atoms with Gasteiger partial charge < -0.3 is 4.98 Å². The van der Waals surface area contributed by atoms with Gasteiger partial charge in [0.2, 0.25) is 0 Å². The van der Waals surface area contributed by atoms with Crippen molar-refractivity contribution in [2.45, 2.75) is 0 Å². The number of H-pyrrole nitrogens is 1. The summed E-state index contributed by atoms with van der Waals surface area (Å²) in [6, 6.07) is 12.9. The first-order valence-corrected chi connectivity index (χ1v) is 5.89. The molecule has 3 rings (SSSR count). The van der Waals surface area contributed by atoms with E-state index in [2.05, 4.69) is 15.1 Å². The third kappa shape index (κ3) is 2.30. The van der Waals surface area contributed by atoms with E-state index in [0.717, 1.165) is 5.56 Å². The van der Waals surface area contributed by atoms with E-state index in [4.69, 9.17) is 0 Å². The van der Waals surface area contributed by atoms with Crippen LogP contribution in [0.4, 0.5) is 0 Å².